The number of hydrogen-bond donors (Lipinski definition) is 2. The Morgan fingerprint density at radius 3 is 2.72 bits per heavy atom. The van der Waals surface area contributed by atoms with Crippen molar-refractivity contribution in [2.75, 3.05) is 11.1 Å². The number of halogens is 1. The summed E-state index contributed by atoms with van der Waals surface area (Å²) in [6.07, 6.45) is 4.05. The average molecular weight is 356 g/mol. The Morgan fingerprint density at radius 2 is 2.11 bits per heavy atom. The molecule has 0 aliphatic rings. The van der Waals surface area contributed by atoms with E-state index in [-0.39, 0.29) is 5.91 Å². The number of nitrogen functional groups attached to an aromatic ring is 1. The first kappa shape index (κ1) is 12.9. The molecule has 3 N–H and O–H groups in total. The summed E-state index contributed by atoms with van der Waals surface area (Å²) < 4.78 is 2.82. The summed E-state index contributed by atoms with van der Waals surface area (Å²) in [5.41, 5.74) is 7.00. The SMILES string of the molecule is Nc1ccc(NC(=O)CCn2cc(I)cn2)cc1. The zero-order chi connectivity index (χ0) is 13.0. The molecule has 0 saturated carbocycles. The maximum absolute atomic E-state index is 11.7. The highest BCUT2D eigenvalue weighted by Gasteiger charge is 2.03. The van der Waals surface area contributed by atoms with Gasteiger partial charge < -0.3 is 11.1 Å². The predicted molar refractivity (Wildman–Crippen MR) is 79.0 cm³/mol. The van der Waals surface area contributed by atoms with Crippen LogP contribution in [0.4, 0.5) is 11.4 Å². The number of hydrogen-bond acceptors (Lipinski definition) is 3. The molecule has 0 bridgehead atoms. The summed E-state index contributed by atoms with van der Waals surface area (Å²) in [4.78, 5) is 11.7. The van der Waals surface area contributed by atoms with Crippen LogP contribution in [0.2, 0.25) is 0 Å². The van der Waals surface area contributed by atoms with E-state index in [4.69, 9.17) is 5.73 Å². The lowest BCUT2D eigenvalue weighted by Crippen LogP contribution is -2.14. The Bertz CT molecular complexity index is 535. The van der Waals surface area contributed by atoms with Crippen LogP contribution in [-0.4, -0.2) is 15.7 Å². The second-order valence-corrected chi connectivity index (χ2v) is 5.09. The van der Waals surface area contributed by atoms with Crippen LogP contribution in [0.5, 0.6) is 0 Å². The number of aromatic nitrogens is 2. The third kappa shape index (κ3) is 3.73. The molecule has 0 radical (unpaired) electrons. The van der Waals surface area contributed by atoms with Crippen LogP contribution in [0.25, 0.3) is 0 Å². The largest absolute Gasteiger partial charge is 0.399 e. The van der Waals surface area contributed by atoms with Gasteiger partial charge in [-0.15, -0.1) is 0 Å². The second-order valence-electron chi connectivity index (χ2n) is 3.84. The van der Waals surface area contributed by atoms with Crippen molar-refractivity contribution in [3.8, 4) is 0 Å². The molecule has 0 aliphatic heterocycles. The van der Waals surface area contributed by atoms with Gasteiger partial charge in [0.25, 0.3) is 0 Å². The number of carbonyl (C=O) groups excluding carboxylic acids is 1. The summed E-state index contributed by atoms with van der Waals surface area (Å²) in [6.45, 7) is 0.573. The smallest absolute Gasteiger partial charge is 0.226 e. The monoisotopic (exact) mass is 356 g/mol. The normalized spacial score (nSPS) is 10.3. The lowest BCUT2D eigenvalue weighted by Gasteiger charge is -2.05. The number of amides is 1. The van der Waals surface area contributed by atoms with Crippen LogP contribution < -0.4 is 11.1 Å². The molecule has 1 heterocycles. The maximum Gasteiger partial charge on any atom is 0.226 e. The average Bonchev–Trinajstić information content (AvgIpc) is 2.76. The lowest BCUT2D eigenvalue weighted by molar-refractivity contribution is -0.116. The minimum Gasteiger partial charge on any atom is -0.399 e. The van der Waals surface area contributed by atoms with Gasteiger partial charge in [-0.3, -0.25) is 9.48 Å². The molecule has 1 aromatic carbocycles. The van der Waals surface area contributed by atoms with E-state index >= 15 is 0 Å². The molecule has 0 spiro atoms. The van der Waals surface area contributed by atoms with Gasteiger partial charge in [0.1, 0.15) is 0 Å². The van der Waals surface area contributed by atoms with Gasteiger partial charge in [0, 0.05) is 30.5 Å². The molecule has 0 fully saturated rings. The van der Waals surface area contributed by atoms with Crippen molar-refractivity contribution in [2.45, 2.75) is 13.0 Å². The Morgan fingerprint density at radius 1 is 1.39 bits per heavy atom. The highest BCUT2D eigenvalue weighted by Crippen LogP contribution is 2.10. The van der Waals surface area contributed by atoms with E-state index in [1.165, 1.54) is 0 Å². The molecule has 0 atom stereocenters. The summed E-state index contributed by atoms with van der Waals surface area (Å²) in [5.74, 6) is -0.0368. The fourth-order valence-electron chi connectivity index (χ4n) is 1.47. The molecule has 0 unspecified atom stereocenters. The first-order valence-electron chi connectivity index (χ1n) is 5.47. The zero-order valence-corrected chi connectivity index (χ0v) is 11.8. The summed E-state index contributed by atoms with van der Waals surface area (Å²) in [7, 11) is 0. The Kier molecular flexibility index (Phi) is 4.19. The number of carbonyl (C=O) groups is 1. The van der Waals surface area contributed by atoms with Crippen LogP contribution in [0.15, 0.2) is 36.7 Å². The van der Waals surface area contributed by atoms with Gasteiger partial charge in [-0.25, -0.2) is 0 Å². The Balaban J connectivity index is 1.83. The Hall–Kier alpha value is -1.57. The number of aryl methyl sites for hydroxylation is 1. The minimum atomic E-state index is -0.0368. The van der Waals surface area contributed by atoms with Gasteiger partial charge in [-0.05, 0) is 46.9 Å². The van der Waals surface area contributed by atoms with E-state index in [9.17, 15) is 4.79 Å². The fourth-order valence-corrected chi connectivity index (χ4v) is 1.91. The zero-order valence-electron chi connectivity index (χ0n) is 9.64. The quantitative estimate of drug-likeness (QED) is 0.651. The van der Waals surface area contributed by atoms with Crippen molar-refractivity contribution in [3.05, 3.63) is 40.2 Å². The van der Waals surface area contributed by atoms with Crippen molar-refractivity contribution in [3.63, 3.8) is 0 Å². The number of nitrogens with two attached hydrogens (primary N) is 1. The molecule has 0 aliphatic carbocycles. The maximum atomic E-state index is 11.7. The number of nitrogens with zero attached hydrogens (tertiary/aromatic N) is 2. The molecule has 5 nitrogen and oxygen atoms in total. The molecule has 1 amide bonds. The van der Waals surface area contributed by atoms with E-state index in [0.717, 1.165) is 9.26 Å². The van der Waals surface area contributed by atoms with Crippen LogP contribution in [0.1, 0.15) is 6.42 Å². The first-order chi connectivity index (χ1) is 8.63. The van der Waals surface area contributed by atoms with E-state index in [2.05, 4.69) is 33.0 Å². The highest BCUT2D eigenvalue weighted by atomic mass is 127. The van der Waals surface area contributed by atoms with Crippen LogP contribution >= 0.6 is 22.6 Å². The van der Waals surface area contributed by atoms with Crippen molar-refractivity contribution < 1.29 is 4.79 Å². The summed E-state index contributed by atoms with van der Waals surface area (Å²) in [6, 6.07) is 7.07. The highest BCUT2D eigenvalue weighted by molar-refractivity contribution is 14.1. The molecule has 94 valence electrons. The van der Waals surface area contributed by atoms with E-state index in [1.54, 1.807) is 35.1 Å². The van der Waals surface area contributed by atoms with E-state index in [1.807, 2.05) is 6.20 Å². The second kappa shape index (κ2) is 5.85. The number of rotatable bonds is 4. The number of nitrogens with one attached hydrogen (secondary N) is 1. The molecule has 2 aromatic rings. The van der Waals surface area contributed by atoms with Crippen molar-refractivity contribution >= 4 is 39.9 Å². The van der Waals surface area contributed by atoms with Crippen LogP contribution in [0.3, 0.4) is 0 Å². The van der Waals surface area contributed by atoms with E-state index in [0.29, 0.717) is 18.7 Å². The van der Waals surface area contributed by atoms with Crippen LogP contribution in [-0.2, 0) is 11.3 Å². The van der Waals surface area contributed by atoms with Gasteiger partial charge in [-0.2, -0.15) is 5.10 Å². The van der Waals surface area contributed by atoms with Crippen molar-refractivity contribution in [1.82, 2.24) is 9.78 Å². The molecule has 1 aromatic heterocycles. The predicted octanol–water partition coefficient (Wildman–Crippen LogP) is 2.10. The minimum absolute atomic E-state index is 0.0368. The van der Waals surface area contributed by atoms with Gasteiger partial charge >= 0.3 is 0 Å². The van der Waals surface area contributed by atoms with Crippen LogP contribution in [0, 0.1) is 3.57 Å². The fraction of sp³-hybridized carbons (Fsp3) is 0.167. The molecule has 6 heteroatoms. The summed E-state index contributed by atoms with van der Waals surface area (Å²) in [5, 5.41) is 6.93. The standard InChI is InChI=1S/C12H13IN4O/c13-9-7-15-17(8-9)6-5-12(18)16-11-3-1-10(14)2-4-11/h1-4,7-8H,5-6,14H2,(H,16,18). The number of anilines is 2. The third-order valence-electron chi connectivity index (χ3n) is 2.36. The number of benzene rings is 1. The molecule has 2 rings (SSSR count). The molecular formula is C12H13IN4O. The first-order valence-corrected chi connectivity index (χ1v) is 6.55. The molecule has 0 saturated heterocycles. The van der Waals surface area contributed by atoms with E-state index < -0.39 is 0 Å². The third-order valence-corrected chi connectivity index (χ3v) is 2.92. The lowest BCUT2D eigenvalue weighted by atomic mass is 10.3. The van der Waals surface area contributed by atoms with Gasteiger partial charge in [-0.1, -0.05) is 0 Å². The van der Waals surface area contributed by atoms with Crippen molar-refractivity contribution in [1.29, 1.82) is 0 Å². The summed E-state index contributed by atoms with van der Waals surface area (Å²) >= 11 is 2.18. The van der Waals surface area contributed by atoms with Gasteiger partial charge in [0.05, 0.1) is 9.77 Å². The van der Waals surface area contributed by atoms with Crippen molar-refractivity contribution in [2.24, 2.45) is 0 Å². The topological polar surface area (TPSA) is 72.9 Å². The van der Waals surface area contributed by atoms with Gasteiger partial charge in [0.2, 0.25) is 5.91 Å². The molecular weight excluding hydrogens is 343 g/mol. The van der Waals surface area contributed by atoms with Gasteiger partial charge in [0.15, 0.2) is 0 Å². The Labute approximate surface area is 119 Å². The molecule has 18 heavy (non-hydrogen) atoms.